The molecule has 156 valence electrons. The van der Waals surface area contributed by atoms with Gasteiger partial charge in [-0.25, -0.2) is 4.39 Å². The first-order chi connectivity index (χ1) is 13.8. The van der Waals surface area contributed by atoms with Gasteiger partial charge in [0.15, 0.2) is 6.54 Å². The van der Waals surface area contributed by atoms with Crippen LogP contribution in [-0.2, 0) is 9.59 Å². The summed E-state index contributed by atoms with van der Waals surface area (Å²) in [6.45, 7) is 8.70. The van der Waals surface area contributed by atoms with Crippen molar-refractivity contribution in [3.63, 3.8) is 0 Å². The number of rotatable bonds is 9. The number of halogens is 1. The van der Waals surface area contributed by atoms with Gasteiger partial charge < -0.3 is 16.0 Å². The van der Waals surface area contributed by atoms with Gasteiger partial charge in [-0.2, -0.15) is 0 Å². The van der Waals surface area contributed by atoms with E-state index >= 15 is 0 Å². The van der Waals surface area contributed by atoms with Crippen LogP contribution in [0.25, 0.3) is 0 Å². The van der Waals surface area contributed by atoms with Crippen molar-refractivity contribution in [3.8, 4) is 0 Å². The highest BCUT2D eigenvalue weighted by Crippen LogP contribution is 2.21. The zero-order valence-corrected chi connectivity index (χ0v) is 17.5. The lowest BCUT2D eigenvalue weighted by molar-refractivity contribution is -0.692. The molecule has 0 aliphatic heterocycles. The number of quaternary nitrogens is 1. The van der Waals surface area contributed by atoms with Crippen molar-refractivity contribution in [1.29, 1.82) is 0 Å². The summed E-state index contributed by atoms with van der Waals surface area (Å²) in [6.07, 6.45) is 0. The molecule has 5 nitrogen and oxygen atoms in total. The summed E-state index contributed by atoms with van der Waals surface area (Å²) in [4.78, 5) is 24.1. The lowest BCUT2D eigenvalue weighted by atomic mass is 9.93. The van der Waals surface area contributed by atoms with Gasteiger partial charge in [-0.05, 0) is 35.7 Å². The molecule has 0 bridgehead atoms. The third kappa shape index (κ3) is 7.31. The first-order valence-electron chi connectivity index (χ1n) is 10.0. The van der Waals surface area contributed by atoms with Crippen LogP contribution in [0.2, 0.25) is 0 Å². The highest BCUT2D eigenvalue weighted by atomic mass is 19.1. The molecule has 2 amide bonds. The predicted octanol–water partition coefficient (Wildman–Crippen LogP) is 2.96. The molecule has 6 heteroatoms. The van der Waals surface area contributed by atoms with Gasteiger partial charge in [-0.3, -0.25) is 9.59 Å². The monoisotopic (exact) mass is 400 g/mol. The van der Waals surface area contributed by atoms with Gasteiger partial charge in [0.2, 0.25) is 5.91 Å². The summed E-state index contributed by atoms with van der Waals surface area (Å²) in [7, 11) is 0. The second-order valence-corrected chi connectivity index (χ2v) is 7.86. The van der Waals surface area contributed by atoms with E-state index < -0.39 is 0 Å². The minimum absolute atomic E-state index is 0.126. The third-order valence-electron chi connectivity index (χ3n) is 4.84. The summed E-state index contributed by atoms with van der Waals surface area (Å²) in [5.74, 6) is -0.0874. The fourth-order valence-corrected chi connectivity index (χ4v) is 3.12. The number of amides is 2. The van der Waals surface area contributed by atoms with E-state index in [2.05, 4.69) is 62.6 Å². The van der Waals surface area contributed by atoms with E-state index in [4.69, 9.17) is 0 Å². The molecule has 29 heavy (non-hydrogen) atoms. The first-order valence-corrected chi connectivity index (χ1v) is 10.0. The maximum atomic E-state index is 12.9. The van der Waals surface area contributed by atoms with E-state index in [0.29, 0.717) is 17.5 Å². The Bertz CT molecular complexity index is 802. The second kappa shape index (κ2) is 10.7. The van der Waals surface area contributed by atoms with Gasteiger partial charge in [-0.15, -0.1) is 0 Å². The van der Waals surface area contributed by atoms with Crippen LogP contribution in [-0.4, -0.2) is 24.9 Å². The number of nitrogens with one attached hydrogen (secondary N) is 2. The quantitative estimate of drug-likeness (QED) is 0.605. The summed E-state index contributed by atoms with van der Waals surface area (Å²) < 4.78 is 12.9. The lowest BCUT2D eigenvalue weighted by Crippen LogP contribution is -2.88. The van der Waals surface area contributed by atoms with E-state index in [1.165, 1.54) is 35.4 Å². The molecule has 0 aliphatic rings. The van der Waals surface area contributed by atoms with Crippen molar-refractivity contribution in [2.75, 3.05) is 18.4 Å². The number of hydrogen-bond donors (Lipinski definition) is 3. The first kappa shape index (κ1) is 22.6. The lowest BCUT2D eigenvalue weighted by Gasteiger charge is -2.20. The number of benzene rings is 2. The molecule has 0 heterocycles. The summed E-state index contributed by atoms with van der Waals surface area (Å²) in [5.41, 5.74) is 2.97. The molecule has 0 saturated heterocycles. The maximum absolute atomic E-state index is 12.9. The molecule has 1 atom stereocenters. The number of carbonyl (C=O) groups is 2. The molecule has 0 aliphatic carbocycles. The smallest absolute Gasteiger partial charge is 0.275 e. The highest BCUT2D eigenvalue weighted by Gasteiger charge is 2.20. The molecule has 0 spiro atoms. The van der Waals surface area contributed by atoms with E-state index in [9.17, 15) is 14.0 Å². The van der Waals surface area contributed by atoms with Crippen LogP contribution in [0.4, 0.5) is 10.1 Å². The van der Waals surface area contributed by atoms with Crippen molar-refractivity contribution in [2.24, 2.45) is 5.92 Å². The number of hydrogen-bond acceptors (Lipinski definition) is 2. The number of nitrogens with two attached hydrogens (primary N) is 1. The zero-order valence-electron chi connectivity index (χ0n) is 17.5. The van der Waals surface area contributed by atoms with Crippen molar-refractivity contribution in [3.05, 3.63) is 65.5 Å². The second-order valence-electron chi connectivity index (χ2n) is 7.86. The fourth-order valence-electron chi connectivity index (χ4n) is 3.12. The molecular weight excluding hydrogens is 369 g/mol. The minimum atomic E-state index is -0.370. The van der Waals surface area contributed by atoms with Crippen LogP contribution in [0.15, 0.2) is 48.5 Å². The third-order valence-corrected chi connectivity index (χ3v) is 4.84. The fraction of sp³-hybridized carbons (Fsp3) is 0.391. The van der Waals surface area contributed by atoms with Crippen LogP contribution in [0.3, 0.4) is 0 Å². The summed E-state index contributed by atoms with van der Waals surface area (Å²) in [6, 6.07) is 14.2. The van der Waals surface area contributed by atoms with Crippen molar-refractivity contribution < 1.29 is 19.3 Å². The topological polar surface area (TPSA) is 74.8 Å². The van der Waals surface area contributed by atoms with Gasteiger partial charge in [0, 0.05) is 17.2 Å². The number of anilines is 1. The Morgan fingerprint density at radius 1 is 0.897 bits per heavy atom. The molecule has 0 fully saturated rings. The van der Waals surface area contributed by atoms with Crippen LogP contribution in [0.5, 0.6) is 0 Å². The molecule has 4 N–H and O–H groups in total. The molecule has 0 saturated carbocycles. The Morgan fingerprint density at radius 2 is 1.48 bits per heavy atom. The normalized spacial score (nSPS) is 12.1. The molecule has 2 aromatic rings. The molecule has 2 aromatic carbocycles. The molecular formula is C23H31FN3O2+. The van der Waals surface area contributed by atoms with Crippen LogP contribution in [0.1, 0.15) is 50.8 Å². The van der Waals surface area contributed by atoms with Crippen LogP contribution < -0.4 is 16.0 Å². The Balaban J connectivity index is 1.82. The average molecular weight is 401 g/mol. The van der Waals surface area contributed by atoms with Gasteiger partial charge >= 0.3 is 0 Å². The van der Waals surface area contributed by atoms with E-state index in [-0.39, 0.29) is 36.8 Å². The van der Waals surface area contributed by atoms with Crippen LogP contribution >= 0.6 is 0 Å². The van der Waals surface area contributed by atoms with Crippen molar-refractivity contribution >= 4 is 17.5 Å². The Labute approximate surface area is 172 Å². The van der Waals surface area contributed by atoms with Gasteiger partial charge in [0.1, 0.15) is 11.9 Å². The Hall–Kier alpha value is -2.73. The van der Waals surface area contributed by atoms with Crippen molar-refractivity contribution in [1.82, 2.24) is 5.32 Å². The highest BCUT2D eigenvalue weighted by molar-refractivity contribution is 5.94. The summed E-state index contributed by atoms with van der Waals surface area (Å²) >= 11 is 0. The van der Waals surface area contributed by atoms with Crippen molar-refractivity contribution in [2.45, 2.75) is 39.7 Å². The van der Waals surface area contributed by atoms with Gasteiger partial charge in [0.05, 0.1) is 6.54 Å². The zero-order chi connectivity index (χ0) is 21.4. The maximum Gasteiger partial charge on any atom is 0.275 e. The predicted molar refractivity (Wildman–Crippen MR) is 113 cm³/mol. The summed E-state index contributed by atoms with van der Waals surface area (Å²) in [5, 5.41) is 7.25. The SMILES string of the molecule is CC(C)c1ccc([C@@H]([NH2+]CC(=O)NCC(=O)Nc2ccc(F)cc2)C(C)C)cc1. The Kier molecular flexibility index (Phi) is 8.34. The van der Waals surface area contributed by atoms with E-state index in [1.807, 2.05) is 5.32 Å². The average Bonchev–Trinajstić information content (AvgIpc) is 2.68. The molecule has 0 unspecified atom stereocenters. The molecule has 0 radical (unpaired) electrons. The standard InChI is InChI=1S/C23H30FN3O2/c1-15(2)17-5-7-18(8-6-17)23(16(3)4)26-13-21(28)25-14-22(29)27-20-11-9-19(24)10-12-20/h5-12,15-16,23,26H,13-14H2,1-4H3,(H,25,28)(H,27,29)/p+1/t23-/m0/s1. The number of carbonyl (C=O) groups excluding carboxylic acids is 2. The van der Waals surface area contributed by atoms with E-state index in [1.54, 1.807) is 0 Å². The molecule has 2 rings (SSSR count). The largest absolute Gasteiger partial charge is 0.342 e. The Morgan fingerprint density at radius 3 is 2.03 bits per heavy atom. The van der Waals surface area contributed by atoms with Gasteiger partial charge in [0.25, 0.3) is 5.91 Å². The minimum Gasteiger partial charge on any atom is -0.342 e. The van der Waals surface area contributed by atoms with Gasteiger partial charge in [-0.1, -0.05) is 52.0 Å². The molecule has 0 aromatic heterocycles. The van der Waals surface area contributed by atoms with Crippen LogP contribution in [0, 0.1) is 11.7 Å². The van der Waals surface area contributed by atoms with E-state index in [0.717, 1.165) is 0 Å².